The third-order valence-corrected chi connectivity index (χ3v) is 3.99. The molecule has 1 N–H and O–H groups in total. The van der Waals surface area contributed by atoms with E-state index in [-0.39, 0.29) is 5.82 Å². The minimum absolute atomic E-state index is 0.205. The third-order valence-electron chi connectivity index (χ3n) is 3.99. The molecule has 0 spiro atoms. The Morgan fingerprint density at radius 2 is 2.00 bits per heavy atom. The van der Waals surface area contributed by atoms with E-state index in [1.54, 1.807) is 0 Å². The van der Waals surface area contributed by atoms with Gasteiger partial charge in [-0.25, -0.2) is 9.82 Å². The van der Waals surface area contributed by atoms with Crippen LogP contribution < -0.4 is 10.4 Å². The smallest absolute Gasteiger partial charge is 0.123 e. The highest BCUT2D eigenvalue weighted by atomic mass is 19.1. The summed E-state index contributed by atoms with van der Waals surface area (Å²) in [6.45, 7) is 5.17. The van der Waals surface area contributed by atoms with Crippen LogP contribution in [0.3, 0.4) is 0 Å². The summed E-state index contributed by atoms with van der Waals surface area (Å²) in [6.07, 6.45) is 6.64. The Kier molecular flexibility index (Phi) is 3.45. The molecule has 2 aliphatic rings. The van der Waals surface area contributed by atoms with E-state index < -0.39 is 0 Å². The van der Waals surface area contributed by atoms with Crippen molar-refractivity contribution in [2.24, 2.45) is 0 Å². The summed E-state index contributed by atoms with van der Waals surface area (Å²) >= 11 is 0. The number of nitrogens with zero attached hydrogens (tertiary/aromatic N) is 1. The lowest BCUT2D eigenvalue weighted by Crippen LogP contribution is -2.31. The number of nitrogens with one attached hydrogen (secondary N) is 1. The third kappa shape index (κ3) is 2.29. The van der Waals surface area contributed by atoms with E-state index >= 15 is 0 Å². The summed E-state index contributed by atoms with van der Waals surface area (Å²) in [7, 11) is 0. The monoisotopic (exact) mass is 270 g/mol. The van der Waals surface area contributed by atoms with Crippen LogP contribution in [0.1, 0.15) is 26.7 Å². The Hall–Kier alpha value is -1.87. The highest BCUT2D eigenvalue weighted by molar-refractivity contribution is 5.61. The first-order valence-electron chi connectivity index (χ1n) is 7.08. The summed E-state index contributed by atoms with van der Waals surface area (Å²) < 4.78 is 13.1. The SMILES string of the molecule is CCC1=CC2=C(CNN2c2ccc(F)cc2)C(C)=CC1. The van der Waals surface area contributed by atoms with E-state index in [2.05, 4.69) is 36.4 Å². The molecule has 20 heavy (non-hydrogen) atoms. The lowest BCUT2D eigenvalue weighted by Gasteiger charge is -2.21. The Morgan fingerprint density at radius 3 is 2.70 bits per heavy atom. The van der Waals surface area contributed by atoms with E-state index in [4.69, 9.17) is 0 Å². The Labute approximate surface area is 119 Å². The van der Waals surface area contributed by atoms with Crippen molar-refractivity contribution < 1.29 is 4.39 Å². The minimum Gasteiger partial charge on any atom is -0.276 e. The van der Waals surface area contributed by atoms with Gasteiger partial charge < -0.3 is 0 Å². The molecule has 0 unspecified atom stereocenters. The molecular weight excluding hydrogens is 251 g/mol. The predicted octanol–water partition coefficient (Wildman–Crippen LogP) is 4.09. The maximum atomic E-state index is 13.1. The molecule has 2 nitrogen and oxygen atoms in total. The van der Waals surface area contributed by atoms with Gasteiger partial charge in [0.25, 0.3) is 0 Å². The van der Waals surface area contributed by atoms with Crippen molar-refractivity contribution in [2.75, 3.05) is 11.6 Å². The molecule has 1 aliphatic carbocycles. The van der Waals surface area contributed by atoms with Crippen molar-refractivity contribution in [3.05, 3.63) is 64.7 Å². The number of allylic oxidation sites excluding steroid dienone is 3. The molecule has 0 amide bonds. The zero-order chi connectivity index (χ0) is 14.1. The molecule has 0 aromatic heterocycles. The molecule has 3 heteroatoms. The summed E-state index contributed by atoms with van der Waals surface area (Å²) in [5.41, 5.74) is 9.64. The average molecular weight is 270 g/mol. The predicted molar refractivity (Wildman–Crippen MR) is 80.7 cm³/mol. The normalized spacial score (nSPS) is 18.6. The zero-order valence-corrected chi connectivity index (χ0v) is 11.9. The van der Waals surface area contributed by atoms with Crippen LogP contribution in [-0.4, -0.2) is 6.54 Å². The van der Waals surface area contributed by atoms with Gasteiger partial charge in [0.15, 0.2) is 0 Å². The molecule has 1 aromatic carbocycles. The molecule has 0 saturated heterocycles. The highest BCUT2D eigenvalue weighted by Crippen LogP contribution is 2.32. The van der Waals surface area contributed by atoms with Gasteiger partial charge >= 0.3 is 0 Å². The highest BCUT2D eigenvalue weighted by Gasteiger charge is 2.24. The zero-order valence-electron chi connectivity index (χ0n) is 11.9. The first-order chi connectivity index (χ1) is 9.69. The number of anilines is 1. The van der Waals surface area contributed by atoms with E-state index in [1.807, 2.05) is 12.1 Å². The summed E-state index contributed by atoms with van der Waals surface area (Å²) in [5, 5.41) is 2.06. The van der Waals surface area contributed by atoms with Gasteiger partial charge in [0.05, 0.1) is 11.4 Å². The summed E-state index contributed by atoms with van der Waals surface area (Å²) in [4.78, 5) is 0. The number of hydrogen-bond acceptors (Lipinski definition) is 2. The number of hydrogen-bond donors (Lipinski definition) is 1. The number of benzene rings is 1. The molecule has 0 radical (unpaired) electrons. The van der Waals surface area contributed by atoms with Crippen LogP contribution in [0.25, 0.3) is 0 Å². The van der Waals surface area contributed by atoms with Gasteiger partial charge in [-0.3, -0.25) is 5.01 Å². The van der Waals surface area contributed by atoms with Crippen LogP contribution >= 0.6 is 0 Å². The van der Waals surface area contributed by atoms with Crippen molar-refractivity contribution >= 4 is 5.69 Å². The quantitative estimate of drug-likeness (QED) is 0.870. The van der Waals surface area contributed by atoms with Gasteiger partial charge in [0.1, 0.15) is 5.82 Å². The molecule has 0 saturated carbocycles. The number of hydrazine groups is 1. The fourth-order valence-electron chi connectivity index (χ4n) is 2.69. The minimum atomic E-state index is -0.205. The van der Waals surface area contributed by atoms with Crippen LogP contribution in [0, 0.1) is 5.82 Å². The first-order valence-corrected chi connectivity index (χ1v) is 7.08. The second kappa shape index (κ2) is 5.25. The van der Waals surface area contributed by atoms with Gasteiger partial charge in [-0.1, -0.05) is 18.6 Å². The van der Waals surface area contributed by atoms with E-state index in [0.29, 0.717) is 0 Å². The standard InChI is InChI=1S/C17H19FN2/c1-3-13-5-4-12(2)16-11-19-20(17(16)10-13)15-8-6-14(18)7-9-15/h4,6-10,19H,3,5,11H2,1-2H3. The Morgan fingerprint density at radius 1 is 1.25 bits per heavy atom. The number of halogens is 1. The van der Waals surface area contributed by atoms with E-state index in [0.717, 1.165) is 25.1 Å². The van der Waals surface area contributed by atoms with Crippen LogP contribution in [0.15, 0.2) is 58.8 Å². The molecule has 0 atom stereocenters. The van der Waals surface area contributed by atoms with E-state index in [9.17, 15) is 4.39 Å². The lowest BCUT2D eigenvalue weighted by atomic mass is 10.1. The van der Waals surface area contributed by atoms with Gasteiger partial charge in [-0.05, 0) is 61.3 Å². The lowest BCUT2D eigenvalue weighted by molar-refractivity contribution is 0.627. The van der Waals surface area contributed by atoms with Crippen molar-refractivity contribution in [3.8, 4) is 0 Å². The topological polar surface area (TPSA) is 15.3 Å². The van der Waals surface area contributed by atoms with Crippen LogP contribution in [0.2, 0.25) is 0 Å². The van der Waals surface area contributed by atoms with Gasteiger partial charge in [-0.2, -0.15) is 0 Å². The largest absolute Gasteiger partial charge is 0.276 e. The maximum absolute atomic E-state index is 13.1. The molecular formula is C17H19FN2. The second-order valence-corrected chi connectivity index (χ2v) is 5.26. The van der Waals surface area contributed by atoms with Crippen molar-refractivity contribution in [3.63, 3.8) is 0 Å². The first kappa shape index (κ1) is 13.1. The van der Waals surface area contributed by atoms with Gasteiger partial charge in [0, 0.05) is 6.54 Å². The molecule has 3 rings (SSSR count). The fourth-order valence-corrected chi connectivity index (χ4v) is 2.69. The Bertz CT molecular complexity index is 608. The van der Waals surface area contributed by atoms with E-state index in [1.165, 1.54) is 34.5 Å². The fraction of sp³-hybridized carbons (Fsp3) is 0.294. The Balaban J connectivity index is 2.02. The summed E-state index contributed by atoms with van der Waals surface area (Å²) in [5.74, 6) is -0.205. The molecule has 0 bridgehead atoms. The summed E-state index contributed by atoms with van der Waals surface area (Å²) in [6, 6.07) is 6.61. The molecule has 1 heterocycles. The number of rotatable bonds is 2. The van der Waals surface area contributed by atoms with Crippen molar-refractivity contribution in [1.29, 1.82) is 0 Å². The second-order valence-electron chi connectivity index (χ2n) is 5.26. The molecule has 1 aromatic rings. The van der Waals surface area contributed by atoms with Crippen LogP contribution in [0.5, 0.6) is 0 Å². The van der Waals surface area contributed by atoms with Crippen LogP contribution in [0.4, 0.5) is 10.1 Å². The average Bonchev–Trinajstić information content (AvgIpc) is 2.80. The van der Waals surface area contributed by atoms with Crippen molar-refractivity contribution in [1.82, 2.24) is 5.43 Å². The molecule has 104 valence electrons. The molecule has 1 aliphatic heterocycles. The molecule has 0 fully saturated rings. The van der Waals surface area contributed by atoms with Gasteiger partial charge in [0.2, 0.25) is 0 Å². The maximum Gasteiger partial charge on any atom is 0.123 e. The van der Waals surface area contributed by atoms with Crippen molar-refractivity contribution in [2.45, 2.75) is 26.7 Å². The van der Waals surface area contributed by atoms with Crippen LogP contribution in [-0.2, 0) is 0 Å². The van der Waals surface area contributed by atoms with Gasteiger partial charge in [-0.15, -0.1) is 0 Å².